The molecule has 4 nitrogen and oxygen atoms in total. The second kappa shape index (κ2) is 4.07. The van der Waals surface area contributed by atoms with Crippen LogP contribution in [0, 0.1) is 5.92 Å². The highest BCUT2D eigenvalue weighted by Crippen LogP contribution is 2.12. The van der Waals surface area contributed by atoms with Crippen molar-refractivity contribution in [3.63, 3.8) is 0 Å². The first kappa shape index (κ1) is 10.5. The molecule has 4 heteroatoms. The molecular weight excluding hydrogens is 168 g/mol. The number of likely N-dealkylation sites (tertiary alicyclic amines) is 1. The van der Waals surface area contributed by atoms with E-state index in [9.17, 15) is 4.79 Å². The molecule has 0 aromatic heterocycles. The molecule has 0 bridgehead atoms. The molecule has 1 rings (SSSR count). The van der Waals surface area contributed by atoms with Crippen molar-refractivity contribution >= 4 is 5.91 Å². The van der Waals surface area contributed by atoms with Crippen molar-refractivity contribution in [3.8, 4) is 0 Å². The first-order chi connectivity index (χ1) is 6.00. The normalized spacial score (nSPS) is 20.2. The number of β-amino-alcohol motifs (C(OH)–C–C–N with tert-alkyl or cyclic N) is 1. The van der Waals surface area contributed by atoms with Crippen molar-refractivity contribution in [2.75, 3.05) is 13.1 Å². The Bertz CT molecular complexity index is 188. The first-order valence-electron chi connectivity index (χ1n) is 4.73. The summed E-state index contributed by atoms with van der Waals surface area (Å²) in [7, 11) is 0. The number of hydrogen-bond donors (Lipinski definition) is 2. The van der Waals surface area contributed by atoms with E-state index in [4.69, 9.17) is 10.8 Å². The summed E-state index contributed by atoms with van der Waals surface area (Å²) >= 11 is 0. The van der Waals surface area contributed by atoms with Gasteiger partial charge >= 0.3 is 0 Å². The van der Waals surface area contributed by atoms with Gasteiger partial charge in [0, 0.05) is 13.1 Å². The quantitative estimate of drug-likeness (QED) is 0.628. The van der Waals surface area contributed by atoms with E-state index in [1.165, 1.54) is 0 Å². The minimum atomic E-state index is -0.396. The fraction of sp³-hybridized carbons (Fsp3) is 0.889. The maximum absolute atomic E-state index is 11.5. The average molecular weight is 186 g/mol. The number of aliphatic hydroxyl groups is 1. The molecule has 1 aliphatic heterocycles. The minimum Gasteiger partial charge on any atom is -0.389 e. The van der Waals surface area contributed by atoms with E-state index in [1.807, 2.05) is 13.8 Å². The number of carbonyl (C=O) groups is 1. The Kier molecular flexibility index (Phi) is 3.27. The van der Waals surface area contributed by atoms with Crippen LogP contribution in [-0.2, 0) is 4.79 Å². The Hall–Kier alpha value is -0.610. The van der Waals surface area contributed by atoms with Crippen molar-refractivity contribution < 1.29 is 9.90 Å². The van der Waals surface area contributed by atoms with Gasteiger partial charge in [0.2, 0.25) is 5.91 Å². The van der Waals surface area contributed by atoms with Gasteiger partial charge in [0.1, 0.15) is 0 Å². The molecule has 1 heterocycles. The lowest BCUT2D eigenvalue weighted by Gasteiger charge is -2.37. The number of rotatable bonds is 3. The zero-order valence-electron chi connectivity index (χ0n) is 8.23. The minimum absolute atomic E-state index is 0.0287. The Balaban J connectivity index is 2.30. The fourth-order valence-corrected chi connectivity index (χ4v) is 1.48. The monoisotopic (exact) mass is 186 g/mol. The van der Waals surface area contributed by atoms with E-state index < -0.39 is 6.04 Å². The summed E-state index contributed by atoms with van der Waals surface area (Å²) in [5.74, 6) is 0.407. The van der Waals surface area contributed by atoms with Crippen LogP contribution in [0.15, 0.2) is 0 Å². The second-order valence-electron chi connectivity index (χ2n) is 4.13. The van der Waals surface area contributed by atoms with Crippen LogP contribution in [0.3, 0.4) is 0 Å². The van der Waals surface area contributed by atoms with Gasteiger partial charge in [0.05, 0.1) is 12.1 Å². The number of amides is 1. The van der Waals surface area contributed by atoms with E-state index in [2.05, 4.69) is 0 Å². The third kappa shape index (κ3) is 2.67. The molecule has 1 fully saturated rings. The SMILES string of the molecule is CC(C)CC(N)C(=O)N1CC(O)C1. The summed E-state index contributed by atoms with van der Waals surface area (Å²) in [5, 5.41) is 9.00. The number of aliphatic hydroxyl groups excluding tert-OH is 1. The molecule has 1 saturated heterocycles. The zero-order chi connectivity index (χ0) is 10.0. The number of nitrogens with two attached hydrogens (primary N) is 1. The van der Waals surface area contributed by atoms with Crippen molar-refractivity contribution in [3.05, 3.63) is 0 Å². The van der Waals surface area contributed by atoms with Gasteiger partial charge in [0.15, 0.2) is 0 Å². The van der Waals surface area contributed by atoms with Crippen LogP contribution in [0.2, 0.25) is 0 Å². The van der Waals surface area contributed by atoms with Gasteiger partial charge in [-0.05, 0) is 12.3 Å². The molecule has 0 spiro atoms. The van der Waals surface area contributed by atoms with Gasteiger partial charge in [-0.3, -0.25) is 4.79 Å². The third-order valence-electron chi connectivity index (χ3n) is 2.22. The van der Waals surface area contributed by atoms with Gasteiger partial charge in [-0.25, -0.2) is 0 Å². The van der Waals surface area contributed by atoms with Crippen LogP contribution in [0.4, 0.5) is 0 Å². The Morgan fingerprint density at radius 2 is 2.15 bits per heavy atom. The lowest BCUT2D eigenvalue weighted by atomic mass is 10.0. The van der Waals surface area contributed by atoms with Gasteiger partial charge in [-0.2, -0.15) is 0 Å². The maximum atomic E-state index is 11.5. The molecule has 1 amide bonds. The molecule has 3 N–H and O–H groups in total. The highest BCUT2D eigenvalue weighted by Gasteiger charge is 2.31. The molecule has 0 aliphatic carbocycles. The summed E-state index contributed by atoms with van der Waals surface area (Å²) in [6.45, 7) is 4.98. The van der Waals surface area contributed by atoms with Gasteiger partial charge in [-0.1, -0.05) is 13.8 Å². The van der Waals surface area contributed by atoms with Gasteiger partial charge < -0.3 is 15.7 Å². The van der Waals surface area contributed by atoms with Gasteiger partial charge in [0.25, 0.3) is 0 Å². The van der Waals surface area contributed by atoms with Crippen LogP contribution < -0.4 is 5.73 Å². The van der Waals surface area contributed by atoms with E-state index in [0.29, 0.717) is 25.4 Å². The van der Waals surface area contributed by atoms with E-state index in [0.717, 1.165) is 0 Å². The molecule has 0 aromatic rings. The van der Waals surface area contributed by atoms with Gasteiger partial charge in [-0.15, -0.1) is 0 Å². The highest BCUT2D eigenvalue weighted by atomic mass is 16.3. The van der Waals surface area contributed by atoms with E-state index >= 15 is 0 Å². The first-order valence-corrected chi connectivity index (χ1v) is 4.73. The number of hydrogen-bond acceptors (Lipinski definition) is 3. The summed E-state index contributed by atoms with van der Waals surface area (Å²) in [5.41, 5.74) is 5.70. The molecule has 13 heavy (non-hydrogen) atoms. The van der Waals surface area contributed by atoms with Crippen molar-refractivity contribution in [1.29, 1.82) is 0 Å². The predicted molar refractivity (Wildman–Crippen MR) is 50.0 cm³/mol. The van der Waals surface area contributed by atoms with Crippen LogP contribution in [0.25, 0.3) is 0 Å². The summed E-state index contributed by atoms with van der Waals surface area (Å²) in [6.07, 6.45) is 0.376. The summed E-state index contributed by atoms with van der Waals surface area (Å²) in [6, 6.07) is -0.396. The standard InChI is InChI=1S/C9H18N2O2/c1-6(2)3-8(10)9(13)11-4-7(12)5-11/h6-8,12H,3-5,10H2,1-2H3. The predicted octanol–water partition coefficient (Wildman–Crippen LogP) is -0.437. The van der Waals surface area contributed by atoms with Crippen LogP contribution in [0.5, 0.6) is 0 Å². The molecular formula is C9H18N2O2. The van der Waals surface area contributed by atoms with Crippen molar-refractivity contribution in [1.82, 2.24) is 4.90 Å². The van der Waals surface area contributed by atoms with E-state index in [-0.39, 0.29) is 12.0 Å². The van der Waals surface area contributed by atoms with Crippen LogP contribution in [0.1, 0.15) is 20.3 Å². The Morgan fingerprint density at radius 3 is 2.54 bits per heavy atom. The van der Waals surface area contributed by atoms with Crippen LogP contribution >= 0.6 is 0 Å². The van der Waals surface area contributed by atoms with Crippen LogP contribution in [-0.4, -0.2) is 41.1 Å². The largest absolute Gasteiger partial charge is 0.389 e. The van der Waals surface area contributed by atoms with Crippen molar-refractivity contribution in [2.24, 2.45) is 11.7 Å². The molecule has 1 unspecified atom stereocenters. The number of carbonyl (C=O) groups excluding carboxylic acids is 1. The lowest BCUT2D eigenvalue weighted by molar-refractivity contribution is -0.143. The van der Waals surface area contributed by atoms with E-state index in [1.54, 1.807) is 4.90 Å². The average Bonchev–Trinajstić information content (AvgIpc) is 1.96. The summed E-state index contributed by atoms with van der Waals surface area (Å²) in [4.78, 5) is 13.1. The number of nitrogens with zero attached hydrogens (tertiary/aromatic N) is 1. The Labute approximate surface area is 78.7 Å². The molecule has 1 aliphatic rings. The molecule has 1 atom stereocenters. The third-order valence-corrected chi connectivity index (χ3v) is 2.22. The second-order valence-corrected chi connectivity index (χ2v) is 4.13. The zero-order valence-corrected chi connectivity index (χ0v) is 8.23. The maximum Gasteiger partial charge on any atom is 0.239 e. The molecule has 76 valence electrons. The highest BCUT2D eigenvalue weighted by molar-refractivity contribution is 5.82. The topological polar surface area (TPSA) is 66.6 Å². The Morgan fingerprint density at radius 1 is 1.62 bits per heavy atom. The molecule has 0 radical (unpaired) electrons. The van der Waals surface area contributed by atoms with Crippen molar-refractivity contribution in [2.45, 2.75) is 32.4 Å². The summed E-state index contributed by atoms with van der Waals surface area (Å²) < 4.78 is 0. The lowest BCUT2D eigenvalue weighted by Crippen LogP contribution is -2.58. The molecule has 0 aromatic carbocycles. The fourth-order valence-electron chi connectivity index (χ4n) is 1.48. The molecule has 0 saturated carbocycles. The smallest absolute Gasteiger partial charge is 0.239 e.